The summed E-state index contributed by atoms with van der Waals surface area (Å²) in [4.78, 5) is 16.7. The molecule has 1 atom stereocenters. The van der Waals surface area contributed by atoms with Crippen LogP contribution in [0.3, 0.4) is 0 Å². The Morgan fingerprint density at radius 2 is 1.97 bits per heavy atom. The van der Waals surface area contributed by atoms with Crippen LogP contribution in [-0.2, 0) is 24.1 Å². The molecular formula is C24H26FN3O2. The first-order valence-electron chi connectivity index (χ1n) is 10.5. The van der Waals surface area contributed by atoms with Crippen LogP contribution in [0, 0.1) is 12.7 Å². The van der Waals surface area contributed by atoms with Crippen molar-refractivity contribution in [2.24, 2.45) is 0 Å². The monoisotopic (exact) mass is 407 g/mol. The van der Waals surface area contributed by atoms with Gasteiger partial charge in [0, 0.05) is 18.4 Å². The Kier molecular flexibility index (Phi) is 5.93. The summed E-state index contributed by atoms with van der Waals surface area (Å²) in [5, 5.41) is 6.95. The van der Waals surface area contributed by atoms with E-state index in [-0.39, 0.29) is 24.2 Å². The number of halogens is 1. The van der Waals surface area contributed by atoms with E-state index in [0.29, 0.717) is 29.3 Å². The zero-order valence-corrected chi connectivity index (χ0v) is 17.4. The van der Waals surface area contributed by atoms with Crippen molar-refractivity contribution in [2.45, 2.75) is 58.4 Å². The molecule has 2 aromatic carbocycles. The van der Waals surface area contributed by atoms with Crippen LogP contribution >= 0.6 is 0 Å². The lowest BCUT2D eigenvalue weighted by atomic mass is 9.89. The van der Waals surface area contributed by atoms with Crippen molar-refractivity contribution < 1.29 is 13.7 Å². The van der Waals surface area contributed by atoms with Gasteiger partial charge < -0.3 is 9.84 Å². The standard InChI is InChI=1S/C24H26FN3O2/c1-15-7-8-20(14-21(15)25)24-27-23(30-28-24)12-11-22(29)26-16(2)18-10-9-17-5-3-4-6-19(17)13-18/h7-10,13-14,16H,3-6,11-12H2,1-2H3,(H,26,29). The molecule has 0 saturated heterocycles. The maximum absolute atomic E-state index is 13.7. The first kappa shape index (κ1) is 20.3. The number of nitrogens with zero attached hydrogens (tertiary/aromatic N) is 2. The molecule has 0 bridgehead atoms. The minimum Gasteiger partial charge on any atom is -0.350 e. The molecule has 1 aromatic heterocycles. The number of carbonyl (C=O) groups excluding carboxylic acids is 1. The fraction of sp³-hybridized carbons (Fsp3) is 0.375. The van der Waals surface area contributed by atoms with Gasteiger partial charge in [0.15, 0.2) is 0 Å². The third kappa shape index (κ3) is 4.58. The van der Waals surface area contributed by atoms with Gasteiger partial charge in [-0.05, 0) is 67.9 Å². The van der Waals surface area contributed by atoms with E-state index in [1.165, 1.54) is 30.0 Å². The Morgan fingerprint density at radius 1 is 1.17 bits per heavy atom. The molecule has 156 valence electrons. The smallest absolute Gasteiger partial charge is 0.227 e. The number of hydrogen-bond donors (Lipinski definition) is 1. The Morgan fingerprint density at radius 3 is 2.77 bits per heavy atom. The van der Waals surface area contributed by atoms with Gasteiger partial charge in [-0.25, -0.2) is 4.39 Å². The summed E-state index contributed by atoms with van der Waals surface area (Å²) in [6.07, 6.45) is 5.35. The molecule has 3 aromatic rings. The van der Waals surface area contributed by atoms with Gasteiger partial charge in [0.1, 0.15) is 5.82 Å². The molecule has 1 aliphatic rings. The maximum atomic E-state index is 13.7. The second-order valence-corrected chi connectivity index (χ2v) is 8.00. The van der Waals surface area contributed by atoms with Gasteiger partial charge in [-0.3, -0.25) is 4.79 Å². The van der Waals surface area contributed by atoms with Gasteiger partial charge in [-0.15, -0.1) is 0 Å². The molecule has 4 rings (SSSR count). The fourth-order valence-electron chi connectivity index (χ4n) is 3.85. The summed E-state index contributed by atoms with van der Waals surface area (Å²) < 4.78 is 19.0. The van der Waals surface area contributed by atoms with Crippen molar-refractivity contribution in [1.82, 2.24) is 15.5 Å². The lowest BCUT2D eigenvalue weighted by Crippen LogP contribution is -2.27. The molecule has 1 aliphatic carbocycles. The molecule has 1 amide bonds. The van der Waals surface area contributed by atoms with Gasteiger partial charge in [0.25, 0.3) is 0 Å². The lowest BCUT2D eigenvalue weighted by Gasteiger charge is -2.20. The number of rotatable bonds is 6. The highest BCUT2D eigenvalue weighted by Crippen LogP contribution is 2.25. The zero-order chi connectivity index (χ0) is 21.1. The van der Waals surface area contributed by atoms with Gasteiger partial charge in [-0.1, -0.05) is 35.5 Å². The highest BCUT2D eigenvalue weighted by molar-refractivity contribution is 5.76. The third-order valence-electron chi connectivity index (χ3n) is 5.71. The predicted molar refractivity (Wildman–Crippen MR) is 112 cm³/mol. The molecule has 5 nitrogen and oxygen atoms in total. The SMILES string of the molecule is Cc1ccc(-c2noc(CCC(=O)NC(C)c3ccc4c(c3)CCCC4)n2)cc1F. The number of aryl methyl sites for hydroxylation is 4. The van der Waals surface area contributed by atoms with Crippen LogP contribution in [0.5, 0.6) is 0 Å². The highest BCUT2D eigenvalue weighted by Gasteiger charge is 2.16. The van der Waals surface area contributed by atoms with Crippen LogP contribution in [0.1, 0.15) is 60.4 Å². The Hall–Kier alpha value is -3.02. The van der Waals surface area contributed by atoms with Crippen molar-refractivity contribution in [3.8, 4) is 11.4 Å². The second kappa shape index (κ2) is 8.78. The second-order valence-electron chi connectivity index (χ2n) is 8.00. The maximum Gasteiger partial charge on any atom is 0.227 e. The van der Waals surface area contributed by atoms with Crippen LogP contribution in [-0.4, -0.2) is 16.0 Å². The first-order valence-corrected chi connectivity index (χ1v) is 10.5. The number of carbonyl (C=O) groups is 1. The molecule has 6 heteroatoms. The summed E-state index contributed by atoms with van der Waals surface area (Å²) in [5.41, 5.74) is 5.09. The average Bonchev–Trinajstić information content (AvgIpc) is 3.23. The van der Waals surface area contributed by atoms with E-state index in [9.17, 15) is 9.18 Å². The summed E-state index contributed by atoms with van der Waals surface area (Å²) in [5.74, 6) is 0.310. The predicted octanol–water partition coefficient (Wildman–Crippen LogP) is 4.87. The van der Waals surface area contributed by atoms with Crippen molar-refractivity contribution in [3.05, 3.63) is 70.4 Å². The van der Waals surface area contributed by atoms with E-state index >= 15 is 0 Å². The van der Waals surface area contributed by atoms with Gasteiger partial charge in [0.2, 0.25) is 17.6 Å². The van der Waals surface area contributed by atoms with E-state index in [2.05, 4.69) is 33.7 Å². The minimum absolute atomic E-state index is 0.0569. The van der Waals surface area contributed by atoms with Gasteiger partial charge >= 0.3 is 0 Å². The van der Waals surface area contributed by atoms with Crippen molar-refractivity contribution in [3.63, 3.8) is 0 Å². The zero-order valence-electron chi connectivity index (χ0n) is 17.4. The highest BCUT2D eigenvalue weighted by atomic mass is 19.1. The van der Waals surface area contributed by atoms with Crippen LogP contribution in [0.25, 0.3) is 11.4 Å². The lowest BCUT2D eigenvalue weighted by molar-refractivity contribution is -0.121. The molecule has 0 fully saturated rings. The summed E-state index contributed by atoms with van der Waals surface area (Å²) in [6.45, 7) is 3.70. The molecule has 1 heterocycles. The van der Waals surface area contributed by atoms with Crippen LogP contribution in [0.4, 0.5) is 4.39 Å². The molecule has 1 unspecified atom stereocenters. The quantitative estimate of drug-likeness (QED) is 0.633. The number of benzene rings is 2. The Balaban J connectivity index is 1.32. The summed E-state index contributed by atoms with van der Waals surface area (Å²) >= 11 is 0. The van der Waals surface area contributed by atoms with Crippen molar-refractivity contribution in [1.29, 1.82) is 0 Å². The number of fused-ring (bicyclic) bond motifs is 1. The number of amides is 1. The van der Waals surface area contributed by atoms with Crippen LogP contribution in [0.2, 0.25) is 0 Å². The minimum atomic E-state index is -0.311. The van der Waals surface area contributed by atoms with Crippen LogP contribution < -0.4 is 5.32 Å². The third-order valence-corrected chi connectivity index (χ3v) is 5.71. The van der Waals surface area contributed by atoms with Gasteiger partial charge in [0.05, 0.1) is 6.04 Å². The Labute approximate surface area is 175 Å². The average molecular weight is 407 g/mol. The summed E-state index contributed by atoms with van der Waals surface area (Å²) in [6, 6.07) is 11.3. The molecule has 1 N–H and O–H groups in total. The topological polar surface area (TPSA) is 68.0 Å². The summed E-state index contributed by atoms with van der Waals surface area (Å²) in [7, 11) is 0. The van der Waals surface area contributed by atoms with Crippen molar-refractivity contribution in [2.75, 3.05) is 0 Å². The van der Waals surface area contributed by atoms with Crippen molar-refractivity contribution >= 4 is 5.91 Å². The first-order chi connectivity index (χ1) is 14.5. The van der Waals surface area contributed by atoms with E-state index in [0.717, 1.165) is 18.4 Å². The largest absolute Gasteiger partial charge is 0.350 e. The van der Waals surface area contributed by atoms with E-state index in [4.69, 9.17) is 4.52 Å². The van der Waals surface area contributed by atoms with Gasteiger partial charge in [-0.2, -0.15) is 4.98 Å². The normalized spacial score (nSPS) is 14.2. The van der Waals surface area contributed by atoms with Crippen LogP contribution in [0.15, 0.2) is 40.9 Å². The molecule has 0 radical (unpaired) electrons. The van der Waals surface area contributed by atoms with E-state index < -0.39 is 0 Å². The molecule has 30 heavy (non-hydrogen) atoms. The number of aromatic nitrogens is 2. The number of hydrogen-bond acceptors (Lipinski definition) is 4. The Bertz CT molecular complexity index is 1060. The fourth-order valence-corrected chi connectivity index (χ4v) is 3.85. The molecular weight excluding hydrogens is 381 g/mol. The molecule has 0 aliphatic heterocycles. The molecule has 0 saturated carbocycles. The molecule has 0 spiro atoms. The number of nitrogens with one attached hydrogen (secondary N) is 1. The van der Waals surface area contributed by atoms with E-state index in [1.807, 2.05) is 6.92 Å². The van der Waals surface area contributed by atoms with E-state index in [1.54, 1.807) is 19.1 Å².